The van der Waals surface area contributed by atoms with E-state index in [1.165, 1.54) is 5.56 Å². The van der Waals surface area contributed by atoms with Crippen LogP contribution in [0, 0.1) is 6.92 Å². The van der Waals surface area contributed by atoms with Crippen molar-refractivity contribution >= 4 is 0 Å². The molecule has 98 valence electrons. The van der Waals surface area contributed by atoms with E-state index in [0.29, 0.717) is 26.1 Å². The van der Waals surface area contributed by atoms with E-state index in [1.807, 2.05) is 12.1 Å². The summed E-state index contributed by atoms with van der Waals surface area (Å²) in [6.45, 7) is 3.42. The van der Waals surface area contributed by atoms with Crippen LogP contribution in [0.15, 0.2) is 24.3 Å². The van der Waals surface area contributed by atoms with Crippen LogP contribution in [0.4, 0.5) is 0 Å². The molecule has 0 bridgehead atoms. The summed E-state index contributed by atoms with van der Waals surface area (Å²) < 4.78 is 11.4. The molecule has 1 saturated heterocycles. The lowest BCUT2D eigenvalue weighted by Gasteiger charge is -2.40. The van der Waals surface area contributed by atoms with Gasteiger partial charge in [0.25, 0.3) is 0 Å². The van der Waals surface area contributed by atoms with E-state index < -0.39 is 11.4 Å². The van der Waals surface area contributed by atoms with Gasteiger partial charge in [0.05, 0.1) is 18.8 Å². The van der Waals surface area contributed by atoms with Gasteiger partial charge in [0.1, 0.15) is 0 Å². The van der Waals surface area contributed by atoms with E-state index in [2.05, 4.69) is 19.1 Å². The molecule has 3 rings (SSSR count). The molecule has 3 nitrogen and oxygen atoms in total. The zero-order valence-corrected chi connectivity index (χ0v) is 10.8. The Balaban J connectivity index is 1.78. The van der Waals surface area contributed by atoms with Gasteiger partial charge in [-0.3, -0.25) is 0 Å². The SMILES string of the molecule is Cc1cccc(C2(O)CCC3(CC2)OCCO3)c1. The lowest BCUT2D eigenvalue weighted by Crippen LogP contribution is -2.42. The Kier molecular flexibility index (Phi) is 2.93. The van der Waals surface area contributed by atoms with Gasteiger partial charge in [-0.15, -0.1) is 0 Å². The maximum Gasteiger partial charge on any atom is 0.168 e. The third-order valence-corrected chi connectivity index (χ3v) is 4.21. The molecule has 0 aromatic heterocycles. The van der Waals surface area contributed by atoms with Gasteiger partial charge in [-0.2, -0.15) is 0 Å². The Morgan fingerprint density at radius 3 is 2.33 bits per heavy atom. The van der Waals surface area contributed by atoms with Gasteiger partial charge in [0, 0.05) is 12.8 Å². The Bertz CT molecular complexity index is 425. The van der Waals surface area contributed by atoms with E-state index >= 15 is 0 Å². The third-order valence-electron chi connectivity index (χ3n) is 4.21. The number of hydrogen-bond donors (Lipinski definition) is 1. The molecule has 1 saturated carbocycles. The molecule has 1 aromatic rings. The van der Waals surface area contributed by atoms with E-state index in [4.69, 9.17) is 9.47 Å². The monoisotopic (exact) mass is 248 g/mol. The van der Waals surface area contributed by atoms with Crippen LogP contribution in [0.5, 0.6) is 0 Å². The van der Waals surface area contributed by atoms with Gasteiger partial charge in [-0.25, -0.2) is 0 Å². The van der Waals surface area contributed by atoms with Crippen molar-refractivity contribution in [3.05, 3.63) is 35.4 Å². The lowest BCUT2D eigenvalue weighted by molar-refractivity contribution is -0.204. The van der Waals surface area contributed by atoms with Gasteiger partial charge in [0.2, 0.25) is 0 Å². The molecule has 1 N–H and O–H groups in total. The van der Waals surface area contributed by atoms with Gasteiger partial charge in [0.15, 0.2) is 5.79 Å². The van der Waals surface area contributed by atoms with E-state index in [9.17, 15) is 5.11 Å². The molecule has 2 aliphatic rings. The molecule has 1 spiro atoms. The summed E-state index contributed by atoms with van der Waals surface area (Å²) in [6, 6.07) is 8.16. The molecular formula is C15H20O3. The maximum atomic E-state index is 10.8. The number of ether oxygens (including phenoxy) is 2. The second-order valence-electron chi connectivity index (χ2n) is 5.51. The average molecular weight is 248 g/mol. The Morgan fingerprint density at radius 2 is 1.72 bits per heavy atom. The van der Waals surface area contributed by atoms with Crippen LogP contribution in [0.2, 0.25) is 0 Å². The first-order chi connectivity index (χ1) is 8.62. The molecule has 18 heavy (non-hydrogen) atoms. The normalized spacial score (nSPS) is 25.4. The molecule has 3 heteroatoms. The van der Waals surface area contributed by atoms with E-state index in [-0.39, 0.29) is 0 Å². The standard InChI is InChI=1S/C15H20O3/c1-12-3-2-4-13(11-12)14(16)5-7-15(8-6-14)17-9-10-18-15/h2-4,11,16H,5-10H2,1H3. The minimum absolute atomic E-state index is 0.407. The maximum absolute atomic E-state index is 10.8. The topological polar surface area (TPSA) is 38.7 Å². The molecule has 2 fully saturated rings. The van der Waals surface area contributed by atoms with Crippen LogP contribution in [0.25, 0.3) is 0 Å². The third kappa shape index (κ3) is 2.07. The largest absolute Gasteiger partial charge is 0.385 e. The highest BCUT2D eigenvalue weighted by atomic mass is 16.7. The first-order valence-corrected chi connectivity index (χ1v) is 6.69. The first kappa shape index (κ1) is 12.2. The zero-order valence-electron chi connectivity index (χ0n) is 10.8. The molecule has 1 aliphatic heterocycles. The Hall–Kier alpha value is -0.900. The fraction of sp³-hybridized carbons (Fsp3) is 0.600. The van der Waals surface area contributed by atoms with Crippen molar-refractivity contribution in [1.82, 2.24) is 0 Å². The van der Waals surface area contributed by atoms with Crippen molar-refractivity contribution in [2.75, 3.05) is 13.2 Å². The Labute approximate surface area is 108 Å². The van der Waals surface area contributed by atoms with Crippen molar-refractivity contribution < 1.29 is 14.6 Å². The summed E-state index contributed by atoms with van der Waals surface area (Å²) in [5.41, 5.74) is 1.50. The van der Waals surface area contributed by atoms with E-state index in [0.717, 1.165) is 18.4 Å². The molecular weight excluding hydrogens is 228 g/mol. The fourth-order valence-corrected chi connectivity index (χ4v) is 3.05. The summed E-state index contributed by atoms with van der Waals surface area (Å²) in [7, 11) is 0. The molecule has 0 amide bonds. The first-order valence-electron chi connectivity index (χ1n) is 6.69. The molecule has 1 aliphatic carbocycles. The predicted octanol–water partition coefficient (Wildman–Crippen LogP) is 2.50. The molecule has 1 aromatic carbocycles. The predicted molar refractivity (Wildman–Crippen MR) is 68.2 cm³/mol. The van der Waals surface area contributed by atoms with Crippen molar-refractivity contribution in [2.45, 2.75) is 44.0 Å². The summed E-state index contributed by atoms with van der Waals surface area (Å²) in [4.78, 5) is 0. The van der Waals surface area contributed by atoms with Gasteiger partial charge in [-0.1, -0.05) is 29.8 Å². The highest BCUT2D eigenvalue weighted by molar-refractivity contribution is 5.28. The zero-order chi connectivity index (χ0) is 12.6. The lowest BCUT2D eigenvalue weighted by atomic mass is 9.77. The molecule has 0 radical (unpaired) electrons. The molecule has 0 unspecified atom stereocenters. The van der Waals surface area contributed by atoms with Crippen molar-refractivity contribution in [2.24, 2.45) is 0 Å². The minimum Gasteiger partial charge on any atom is -0.385 e. The van der Waals surface area contributed by atoms with Gasteiger partial charge < -0.3 is 14.6 Å². The Morgan fingerprint density at radius 1 is 1.06 bits per heavy atom. The molecule has 1 heterocycles. The average Bonchev–Trinajstić information content (AvgIpc) is 2.83. The summed E-state index contributed by atoms with van der Waals surface area (Å²) in [6.07, 6.45) is 2.96. The van der Waals surface area contributed by atoms with Crippen LogP contribution in [-0.4, -0.2) is 24.1 Å². The van der Waals surface area contributed by atoms with Gasteiger partial charge in [-0.05, 0) is 25.3 Å². The van der Waals surface area contributed by atoms with Crippen LogP contribution in [0.3, 0.4) is 0 Å². The number of rotatable bonds is 1. The minimum atomic E-state index is -0.716. The summed E-state index contributed by atoms with van der Waals surface area (Å²) >= 11 is 0. The quantitative estimate of drug-likeness (QED) is 0.830. The number of aliphatic hydroxyl groups is 1. The van der Waals surface area contributed by atoms with Crippen molar-refractivity contribution in [1.29, 1.82) is 0 Å². The van der Waals surface area contributed by atoms with Crippen LogP contribution in [-0.2, 0) is 15.1 Å². The van der Waals surface area contributed by atoms with E-state index in [1.54, 1.807) is 0 Å². The highest BCUT2D eigenvalue weighted by Gasteiger charge is 2.46. The van der Waals surface area contributed by atoms with Crippen molar-refractivity contribution in [3.63, 3.8) is 0 Å². The van der Waals surface area contributed by atoms with Crippen LogP contribution < -0.4 is 0 Å². The summed E-state index contributed by atoms with van der Waals surface area (Å²) in [5.74, 6) is -0.407. The smallest absolute Gasteiger partial charge is 0.168 e. The van der Waals surface area contributed by atoms with Crippen LogP contribution >= 0.6 is 0 Å². The molecule has 0 atom stereocenters. The fourth-order valence-electron chi connectivity index (χ4n) is 3.05. The number of hydrogen-bond acceptors (Lipinski definition) is 3. The number of aryl methyl sites for hydroxylation is 1. The second kappa shape index (κ2) is 4.34. The van der Waals surface area contributed by atoms with Crippen LogP contribution in [0.1, 0.15) is 36.8 Å². The number of benzene rings is 1. The van der Waals surface area contributed by atoms with Gasteiger partial charge >= 0.3 is 0 Å². The second-order valence-corrected chi connectivity index (χ2v) is 5.51. The highest BCUT2D eigenvalue weighted by Crippen LogP contribution is 2.44. The summed E-state index contributed by atoms with van der Waals surface area (Å²) in [5, 5.41) is 10.8. The van der Waals surface area contributed by atoms with Crippen molar-refractivity contribution in [3.8, 4) is 0 Å².